The van der Waals surface area contributed by atoms with Crippen LogP contribution in [0, 0.1) is 12.7 Å². The van der Waals surface area contributed by atoms with Crippen molar-refractivity contribution in [3.63, 3.8) is 0 Å². The summed E-state index contributed by atoms with van der Waals surface area (Å²) in [6, 6.07) is 9.75. The summed E-state index contributed by atoms with van der Waals surface area (Å²) >= 11 is 0. The van der Waals surface area contributed by atoms with Crippen LogP contribution < -0.4 is 14.8 Å². The Hall–Kier alpha value is -2.14. The molecule has 3 nitrogen and oxygen atoms in total. The third-order valence-electron chi connectivity index (χ3n) is 4.44. The van der Waals surface area contributed by atoms with Crippen molar-refractivity contribution in [1.29, 1.82) is 0 Å². The summed E-state index contributed by atoms with van der Waals surface area (Å²) in [5.74, 6) is 0.848. The summed E-state index contributed by atoms with van der Waals surface area (Å²) in [7, 11) is 3.30. The Morgan fingerprint density at radius 3 is 2.71 bits per heavy atom. The van der Waals surface area contributed by atoms with Crippen LogP contribution in [0.5, 0.6) is 11.5 Å². The average Bonchev–Trinajstić information content (AvgIpc) is 2.81. The molecule has 1 N–H and O–H groups in total. The van der Waals surface area contributed by atoms with E-state index in [2.05, 4.69) is 5.32 Å². The van der Waals surface area contributed by atoms with Gasteiger partial charge in [-0.3, -0.25) is 0 Å². The van der Waals surface area contributed by atoms with Crippen molar-refractivity contribution in [3.05, 3.63) is 58.9 Å². The van der Waals surface area contributed by atoms with Gasteiger partial charge in [-0.25, -0.2) is 8.78 Å². The second-order valence-corrected chi connectivity index (χ2v) is 6.21. The SMILES string of the molecule is CNCC1(F)Cc2cc(OC)ccc2C1Oc1ccc(F)cc1C. The Kier molecular flexibility index (Phi) is 4.45. The highest BCUT2D eigenvalue weighted by Crippen LogP contribution is 2.46. The highest BCUT2D eigenvalue weighted by atomic mass is 19.1. The minimum Gasteiger partial charge on any atom is -0.497 e. The largest absolute Gasteiger partial charge is 0.497 e. The Morgan fingerprint density at radius 1 is 1.25 bits per heavy atom. The minimum absolute atomic E-state index is 0.162. The lowest BCUT2D eigenvalue weighted by Gasteiger charge is -2.29. The van der Waals surface area contributed by atoms with Crippen molar-refractivity contribution in [1.82, 2.24) is 5.32 Å². The van der Waals surface area contributed by atoms with Crippen LogP contribution >= 0.6 is 0 Å². The van der Waals surface area contributed by atoms with Gasteiger partial charge < -0.3 is 14.8 Å². The standard InChI is InChI=1S/C19H21F2NO2/c1-12-8-14(20)4-7-17(12)24-18-16-6-5-15(23-3)9-13(16)10-19(18,21)11-22-2/h4-9,18,22H,10-11H2,1-3H3. The second-order valence-electron chi connectivity index (χ2n) is 6.21. The van der Waals surface area contributed by atoms with Crippen molar-refractivity contribution in [2.45, 2.75) is 25.1 Å². The van der Waals surface area contributed by atoms with Gasteiger partial charge in [0.05, 0.1) is 7.11 Å². The highest BCUT2D eigenvalue weighted by Gasteiger charge is 2.48. The number of ether oxygens (including phenoxy) is 2. The zero-order chi connectivity index (χ0) is 17.3. The monoisotopic (exact) mass is 333 g/mol. The molecule has 0 radical (unpaired) electrons. The van der Waals surface area contributed by atoms with Crippen LogP contribution in [-0.2, 0) is 6.42 Å². The Morgan fingerprint density at radius 2 is 2.04 bits per heavy atom. The van der Waals surface area contributed by atoms with Crippen LogP contribution in [0.1, 0.15) is 22.8 Å². The van der Waals surface area contributed by atoms with E-state index in [4.69, 9.17) is 9.47 Å². The van der Waals surface area contributed by atoms with Gasteiger partial charge >= 0.3 is 0 Å². The van der Waals surface area contributed by atoms with Crippen molar-refractivity contribution < 1.29 is 18.3 Å². The summed E-state index contributed by atoms with van der Waals surface area (Å²) in [5.41, 5.74) is 0.738. The molecule has 0 spiro atoms. The van der Waals surface area contributed by atoms with Gasteiger partial charge in [0.1, 0.15) is 17.3 Å². The summed E-state index contributed by atoms with van der Waals surface area (Å²) in [6.07, 6.45) is -0.513. The van der Waals surface area contributed by atoms with E-state index in [0.717, 1.165) is 11.1 Å². The third-order valence-corrected chi connectivity index (χ3v) is 4.44. The molecule has 24 heavy (non-hydrogen) atoms. The molecule has 5 heteroatoms. The van der Waals surface area contributed by atoms with Gasteiger partial charge in [-0.05, 0) is 61.0 Å². The van der Waals surface area contributed by atoms with Crippen LogP contribution in [0.15, 0.2) is 36.4 Å². The van der Waals surface area contributed by atoms with Gasteiger partial charge in [0, 0.05) is 13.0 Å². The van der Waals surface area contributed by atoms with E-state index in [0.29, 0.717) is 17.1 Å². The van der Waals surface area contributed by atoms with E-state index in [1.807, 2.05) is 12.1 Å². The first kappa shape index (κ1) is 16.7. The molecule has 1 aliphatic rings. The first-order valence-corrected chi connectivity index (χ1v) is 7.90. The molecular weight excluding hydrogens is 312 g/mol. The maximum Gasteiger partial charge on any atom is 0.168 e. The first-order valence-electron chi connectivity index (χ1n) is 7.90. The topological polar surface area (TPSA) is 30.5 Å². The molecule has 2 unspecified atom stereocenters. The molecular formula is C19H21F2NO2. The Bertz CT molecular complexity index is 750. The zero-order valence-corrected chi connectivity index (χ0v) is 14.0. The van der Waals surface area contributed by atoms with E-state index in [-0.39, 0.29) is 18.8 Å². The molecule has 2 atom stereocenters. The third kappa shape index (κ3) is 2.96. The maximum absolute atomic E-state index is 15.6. The van der Waals surface area contributed by atoms with E-state index in [9.17, 15) is 4.39 Å². The number of fused-ring (bicyclic) bond motifs is 1. The van der Waals surface area contributed by atoms with Gasteiger partial charge in [0.15, 0.2) is 11.8 Å². The molecule has 0 aromatic heterocycles. The molecule has 0 fully saturated rings. The lowest BCUT2D eigenvalue weighted by molar-refractivity contribution is 0.0227. The predicted octanol–water partition coefficient (Wildman–Crippen LogP) is 3.75. The van der Waals surface area contributed by atoms with Crippen molar-refractivity contribution in [2.24, 2.45) is 0 Å². The van der Waals surface area contributed by atoms with Crippen molar-refractivity contribution >= 4 is 0 Å². The molecule has 0 amide bonds. The average molecular weight is 333 g/mol. The molecule has 1 aliphatic carbocycles. The normalized spacial score (nSPS) is 22.3. The molecule has 0 aliphatic heterocycles. The molecule has 2 aromatic rings. The van der Waals surface area contributed by atoms with Gasteiger partial charge in [-0.1, -0.05) is 6.07 Å². The number of hydrogen-bond donors (Lipinski definition) is 1. The van der Waals surface area contributed by atoms with Crippen LogP contribution in [0.25, 0.3) is 0 Å². The van der Waals surface area contributed by atoms with Crippen molar-refractivity contribution in [2.75, 3.05) is 20.7 Å². The van der Waals surface area contributed by atoms with Crippen LogP contribution in [0.2, 0.25) is 0 Å². The van der Waals surface area contributed by atoms with Crippen LogP contribution in [-0.4, -0.2) is 26.4 Å². The Labute approximate surface area is 140 Å². The molecule has 0 saturated carbocycles. The Balaban J connectivity index is 1.99. The molecule has 0 heterocycles. The number of halogens is 2. The lowest BCUT2D eigenvalue weighted by atomic mass is 9.99. The predicted molar refractivity (Wildman–Crippen MR) is 89.0 cm³/mol. The number of hydrogen-bond acceptors (Lipinski definition) is 3. The van der Waals surface area contributed by atoms with Gasteiger partial charge in [0.25, 0.3) is 0 Å². The number of alkyl halides is 1. The highest BCUT2D eigenvalue weighted by molar-refractivity contribution is 5.45. The zero-order valence-electron chi connectivity index (χ0n) is 14.0. The van der Waals surface area contributed by atoms with E-state index in [1.54, 1.807) is 33.2 Å². The second kappa shape index (κ2) is 6.40. The molecule has 2 aromatic carbocycles. The van der Waals surface area contributed by atoms with E-state index in [1.165, 1.54) is 12.1 Å². The molecule has 3 rings (SSSR count). The number of nitrogens with one attached hydrogen (secondary N) is 1. The van der Waals surface area contributed by atoms with Gasteiger partial charge in [-0.2, -0.15) is 0 Å². The van der Waals surface area contributed by atoms with Gasteiger partial charge in [-0.15, -0.1) is 0 Å². The number of aryl methyl sites for hydroxylation is 1. The van der Waals surface area contributed by atoms with Crippen LogP contribution in [0.4, 0.5) is 8.78 Å². The minimum atomic E-state index is -1.58. The quantitative estimate of drug-likeness (QED) is 0.904. The van der Waals surface area contributed by atoms with E-state index >= 15 is 4.39 Å². The van der Waals surface area contributed by atoms with Gasteiger partial charge in [0.2, 0.25) is 0 Å². The maximum atomic E-state index is 15.6. The van der Waals surface area contributed by atoms with E-state index < -0.39 is 11.8 Å². The fourth-order valence-corrected chi connectivity index (χ4v) is 3.30. The summed E-state index contributed by atoms with van der Waals surface area (Å²) in [5, 5.41) is 2.91. The summed E-state index contributed by atoms with van der Waals surface area (Å²) in [6.45, 7) is 1.91. The fraction of sp³-hybridized carbons (Fsp3) is 0.368. The smallest absolute Gasteiger partial charge is 0.168 e. The lowest BCUT2D eigenvalue weighted by Crippen LogP contribution is -2.41. The molecule has 128 valence electrons. The van der Waals surface area contributed by atoms with Crippen molar-refractivity contribution in [3.8, 4) is 11.5 Å². The fourth-order valence-electron chi connectivity index (χ4n) is 3.30. The van der Waals surface area contributed by atoms with Crippen LogP contribution in [0.3, 0.4) is 0 Å². The molecule has 0 bridgehead atoms. The number of rotatable bonds is 5. The molecule has 0 saturated heterocycles. The summed E-state index contributed by atoms with van der Waals surface area (Å²) in [4.78, 5) is 0. The summed E-state index contributed by atoms with van der Waals surface area (Å²) < 4.78 is 40.1. The number of benzene rings is 2. The first-order chi connectivity index (χ1) is 11.5. The number of methoxy groups -OCH3 is 1.